The van der Waals surface area contributed by atoms with Crippen LogP contribution in [0.15, 0.2) is 30.3 Å². The van der Waals surface area contributed by atoms with Crippen molar-refractivity contribution in [2.75, 3.05) is 5.75 Å². The second-order valence-corrected chi connectivity index (χ2v) is 6.19. The van der Waals surface area contributed by atoms with E-state index in [9.17, 15) is 13.2 Å². The molecule has 0 amide bonds. The number of carbonyl (C=O) groups excluding carboxylic acids is 1. The van der Waals surface area contributed by atoms with Gasteiger partial charge in [0.25, 0.3) is 10.1 Å². The number of hydrogen-bond donors (Lipinski definition) is 0. The lowest BCUT2D eigenvalue weighted by atomic mass is 9.87. The summed E-state index contributed by atoms with van der Waals surface area (Å²) >= 11 is 0. The summed E-state index contributed by atoms with van der Waals surface area (Å²) in [6, 6.07) is 9.36. The van der Waals surface area contributed by atoms with Gasteiger partial charge >= 0.3 is 0 Å². The molecule has 18 heavy (non-hydrogen) atoms. The maximum absolute atomic E-state index is 12.0. The largest absolute Gasteiger partial charge is 0.295 e. The van der Waals surface area contributed by atoms with Crippen molar-refractivity contribution in [3.63, 3.8) is 0 Å². The summed E-state index contributed by atoms with van der Waals surface area (Å²) in [7, 11) is -3.69. The Labute approximate surface area is 107 Å². The summed E-state index contributed by atoms with van der Waals surface area (Å²) in [6.07, 6.45) is 1.45. The molecule has 2 rings (SSSR count). The Balaban J connectivity index is 2.31. The highest BCUT2D eigenvalue weighted by Crippen LogP contribution is 2.32. The molecule has 0 spiro atoms. The van der Waals surface area contributed by atoms with Gasteiger partial charge in [-0.15, -0.1) is 0 Å². The van der Waals surface area contributed by atoms with Crippen LogP contribution in [-0.2, 0) is 25.5 Å². The molecule has 98 valence electrons. The van der Waals surface area contributed by atoms with Crippen LogP contribution in [0.25, 0.3) is 0 Å². The SMILES string of the molecule is CCCC1(Cc2ccccc2)OS(=O)(=O)CC1=O. The molecule has 1 aromatic carbocycles. The number of Topliss-reactive ketones (excluding diaryl/α,β-unsaturated/α-hetero) is 1. The van der Waals surface area contributed by atoms with Gasteiger partial charge in [-0.2, -0.15) is 8.42 Å². The quantitative estimate of drug-likeness (QED) is 0.780. The molecule has 1 unspecified atom stereocenters. The van der Waals surface area contributed by atoms with Crippen LogP contribution < -0.4 is 0 Å². The van der Waals surface area contributed by atoms with E-state index in [4.69, 9.17) is 4.18 Å². The molecule has 0 aliphatic carbocycles. The van der Waals surface area contributed by atoms with Gasteiger partial charge in [0.05, 0.1) is 0 Å². The lowest BCUT2D eigenvalue weighted by Gasteiger charge is -2.24. The monoisotopic (exact) mass is 268 g/mol. The Morgan fingerprint density at radius 2 is 1.94 bits per heavy atom. The first-order valence-corrected chi connectivity index (χ1v) is 7.56. The minimum atomic E-state index is -3.69. The third-order valence-electron chi connectivity index (χ3n) is 3.09. The van der Waals surface area contributed by atoms with Crippen LogP contribution in [0.3, 0.4) is 0 Å². The molecular weight excluding hydrogens is 252 g/mol. The molecule has 4 nitrogen and oxygen atoms in total. The zero-order chi connectivity index (χ0) is 13.2. The van der Waals surface area contributed by atoms with E-state index >= 15 is 0 Å². The Bertz CT molecular complexity index is 535. The van der Waals surface area contributed by atoms with Gasteiger partial charge in [-0.25, -0.2) is 0 Å². The van der Waals surface area contributed by atoms with Crippen molar-refractivity contribution < 1.29 is 17.4 Å². The van der Waals surface area contributed by atoms with Gasteiger partial charge in [-0.1, -0.05) is 43.7 Å². The second kappa shape index (κ2) is 4.82. The number of benzene rings is 1. The fourth-order valence-corrected chi connectivity index (χ4v) is 3.70. The van der Waals surface area contributed by atoms with Crippen molar-refractivity contribution >= 4 is 15.9 Å². The molecule has 1 atom stereocenters. The van der Waals surface area contributed by atoms with Crippen molar-refractivity contribution in [1.29, 1.82) is 0 Å². The smallest absolute Gasteiger partial charge is 0.275 e. The van der Waals surface area contributed by atoms with Gasteiger partial charge in [0.2, 0.25) is 0 Å². The van der Waals surface area contributed by atoms with E-state index in [2.05, 4.69) is 0 Å². The van der Waals surface area contributed by atoms with Crippen molar-refractivity contribution in [1.82, 2.24) is 0 Å². The predicted molar refractivity (Wildman–Crippen MR) is 67.7 cm³/mol. The number of rotatable bonds is 4. The van der Waals surface area contributed by atoms with Gasteiger partial charge < -0.3 is 0 Å². The van der Waals surface area contributed by atoms with Gasteiger partial charge in [-0.3, -0.25) is 8.98 Å². The van der Waals surface area contributed by atoms with Crippen LogP contribution in [0.4, 0.5) is 0 Å². The molecule has 0 saturated carbocycles. The number of carbonyl (C=O) groups is 1. The van der Waals surface area contributed by atoms with E-state index in [1.165, 1.54) is 0 Å². The normalized spacial score (nSPS) is 26.4. The van der Waals surface area contributed by atoms with Gasteiger partial charge in [0.1, 0.15) is 5.75 Å². The fraction of sp³-hybridized carbons (Fsp3) is 0.462. The van der Waals surface area contributed by atoms with Crippen LogP contribution in [0.1, 0.15) is 25.3 Å². The third kappa shape index (κ3) is 2.62. The van der Waals surface area contributed by atoms with Crippen LogP contribution in [0.2, 0.25) is 0 Å². The molecule has 1 aliphatic heterocycles. The topological polar surface area (TPSA) is 60.4 Å². The summed E-state index contributed by atoms with van der Waals surface area (Å²) in [5.41, 5.74) is -0.272. The maximum Gasteiger partial charge on any atom is 0.275 e. The summed E-state index contributed by atoms with van der Waals surface area (Å²) in [5.74, 6) is -0.826. The standard InChI is InChI=1S/C13H16O4S/c1-2-8-13(9-11-6-4-3-5-7-11)12(14)10-18(15,16)17-13/h3-7H,2,8-10H2,1H3. The summed E-state index contributed by atoms with van der Waals surface area (Å²) < 4.78 is 28.1. The zero-order valence-electron chi connectivity index (χ0n) is 10.3. The minimum absolute atomic E-state index is 0.319. The Kier molecular flexibility index (Phi) is 3.54. The van der Waals surface area contributed by atoms with E-state index in [0.29, 0.717) is 19.3 Å². The average molecular weight is 268 g/mol. The van der Waals surface area contributed by atoms with E-state index < -0.39 is 21.5 Å². The molecule has 0 bridgehead atoms. The third-order valence-corrected chi connectivity index (χ3v) is 4.28. The highest BCUT2D eigenvalue weighted by Gasteiger charge is 2.50. The van der Waals surface area contributed by atoms with Crippen molar-refractivity contribution in [3.8, 4) is 0 Å². The van der Waals surface area contributed by atoms with Crippen LogP contribution in [-0.4, -0.2) is 25.6 Å². The lowest BCUT2D eigenvalue weighted by Crippen LogP contribution is -2.39. The highest BCUT2D eigenvalue weighted by molar-refractivity contribution is 7.88. The Morgan fingerprint density at radius 3 is 2.44 bits per heavy atom. The highest BCUT2D eigenvalue weighted by atomic mass is 32.2. The molecule has 1 saturated heterocycles. The Morgan fingerprint density at radius 1 is 1.28 bits per heavy atom. The van der Waals surface area contributed by atoms with Gasteiger partial charge in [0, 0.05) is 6.42 Å². The van der Waals surface area contributed by atoms with E-state index in [-0.39, 0.29) is 5.78 Å². The van der Waals surface area contributed by atoms with E-state index in [1.54, 1.807) is 0 Å². The van der Waals surface area contributed by atoms with Crippen molar-refractivity contribution in [2.45, 2.75) is 31.8 Å². The predicted octanol–water partition coefficient (Wildman–Crippen LogP) is 1.70. The molecular formula is C13H16O4S. The van der Waals surface area contributed by atoms with Crippen LogP contribution >= 0.6 is 0 Å². The summed E-state index contributed by atoms with van der Waals surface area (Å²) in [5, 5.41) is 0. The molecule has 0 radical (unpaired) electrons. The first kappa shape index (κ1) is 13.2. The van der Waals surface area contributed by atoms with Crippen LogP contribution in [0, 0.1) is 0 Å². The first-order chi connectivity index (χ1) is 8.47. The minimum Gasteiger partial charge on any atom is -0.295 e. The molecule has 1 aromatic rings. The fourth-order valence-electron chi connectivity index (χ4n) is 2.34. The first-order valence-electron chi connectivity index (χ1n) is 5.98. The molecule has 0 N–H and O–H groups in total. The molecule has 1 fully saturated rings. The number of ketones is 1. The molecule has 1 aliphatic rings. The van der Waals surface area contributed by atoms with Crippen LogP contribution in [0.5, 0.6) is 0 Å². The molecule has 1 heterocycles. The Hall–Kier alpha value is -1.20. The second-order valence-electron chi connectivity index (χ2n) is 4.62. The van der Waals surface area contributed by atoms with Gasteiger partial charge in [0.15, 0.2) is 11.4 Å². The van der Waals surface area contributed by atoms with Gasteiger partial charge in [-0.05, 0) is 12.0 Å². The average Bonchev–Trinajstić information content (AvgIpc) is 2.50. The van der Waals surface area contributed by atoms with Crippen molar-refractivity contribution in [2.24, 2.45) is 0 Å². The van der Waals surface area contributed by atoms with E-state index in [1.807, 2.05) is 37.3 Å². The lowest BCUT2D eigenvalue weighted by molar-refractivity contribution is -0.129. The van der Waals surface area contributed by atoms with E-state index in [0.717, 1.165) is 5.56 Å². The zero-order valence-corrected chi connectivity index (χ0v) is 11.1. The summed E-state index contributed by atoms with van der Waals surface area (Å²) in [4.78, 5) is 12.0. The maximum atomic E-state index is 12.0. The molecule has 5 heteroatoms. The van der Waals surface area contributed by atoms with Crippen molar-refractivity contribution in [3.05, 3.63) is 35.9 Å². The number of hydrogen-bond acceptors (Lipinski definition) is 4. The molecule has 0 aromatic heterocycles. The summed E-state index contributed by atoms with van der Waals surface area (Å²) in [6.45, 7) is 1.91.